The lowest BCUT2D eigenvalue weighted by molar-refractivity contribution is 0.0708. The monoisotopic (exact) mass is 314 g/mol. The van der Waals surface area contributed by atoms with E-state index in [1.807, 2.05) is 12.1 Å². The van der Waals surface area contributed by atoms with Gasteiger partial charge in [0, 0.05) is 24.7 Å². The molecule has 0 bridgehead atoms. The molecule has 3 amide bonds. The number of hydrogen-bond acceptors (Lipinski definition) is 4. The van der Waals surface area contributed by atoms with E-state index >= 15 is 0 Å². The second kappa shape index (κ2) is 6.47. The van der Waals surface area contributed by atoms with Crippen LogP contribution in [0.25, 0.3) is 5.69 Å². The molecule has 2 aromatic rings. The number of piperidine rings is 1. The van der Waals surface area contributed by atoms with E-state index in [1.54, 1.807) is 34.1 Å². The summed E-state index contributed by atoms with van der Waals surface area (Å²) in [6, 6.07) is 6.78. The number of hydrogen-bond donors (Lipinski definition) is 2. The first-order valence-corrected chi connectivity index (χ1v) is 7.45. The zero-order valence-corrected chi connectivity index (χ0v) is 12.6. The first kappa shape index (κ1) is 15.0. The van der Waals surface area contributed by atoms with Crippen molar-refractivity contribution in [2.45, 2.75) is 18.9 Å². The Morgan fingerprint density at radius 2 is 1.87 bits per heavy atom. The van der Waals surface area contributed by atoms with E-state index in [0.29, 0.717) is 31.5 Å². The molecule has 0 radical (unpaired) electrons. The third-order valence-corrected chi connectivity index (χ3v) is 3.93. The van der Waals surface area contributed by atoms with Gasteiger partial charge in [-0.05, 0) is 37.1 Å². The Morgan fingerprint density at radius 1 is 1.17 bits per heavy atom. The first-order valence-electron chi connectivity index (χ1n) is 7.45. The Kier molecular flexibility index (Phi) is 4.22. The number of nitrogens with zero attached hydrogens (tertiary/aromatic N) is 4. The smallest absolute Gasteiger partial charge is 0.312 e. The molecule has 1 fully saturated rings. The van der Waals surface area contributed by atoms with Crippen LogP contribution in [0.3, 0.4) is 0 Å². The highest BCUT2D eigenvalue weighted by Gasteiger charge is 2.24. The molecule has 1 saturated heterocycles. The molecule has 0 spiro atoms. The van der Waals surface area contributed by atoms with Crippen LogP contribution in [0.2, 0.25) is 0 Å². The Hall–Kier alpha value is -2.90. The van der Waals surface area contributed by atoms with E-state index < -0.39 is 6.03 Å². The molecule has 8 nitrogen and oxygen atoms in total. The number of carbonyl (C=O) groups is 2. The average Bonchev–Trinajstić information content (AvgIpc) is 3.09. The van der Waals surface area contributed by atoms with Gasteiger partial charge in [0.25, 0.3) is 5.91 Å². The lowest BCUT2D eigenvalue weighted by Crippen LogP contribution is -2.47. The molecule has 1 aromatic heterocycles. The average molecular weight is 314 g/mol. The Bertz CT molecular complexity index is 675. The largest absolute Gasteiger partial charge is 0.352 e. The number of amides is 3. The van der Waals surface area contributed by atoms with Gasteiger partial charge in [-0.25, -0.2) is 9.48 Å². The second-order valence-electron chi connectivity index (χ2n) is 5.47. The Balaban J connectivity index is 1.61. The summed E-state index contributed by atoms with van der Waals surface area (Å²) < 4.78 is 1.63. The Labute approximate surface area is 133 Å². The number of rotatable bonds is 3. The van der Waals surface area contributed by atoms with Crippen LogP contribution in [0, 0.1) is 0 Å². The number of likely N-dealkylation sites (tertiary alicyclic amines) is 1. The standard InChI is InChI=1S/C15H18N6O2/c16-15(23)18-12-5-8-20(9-6-12)14(22)11-1-3-13(4-2-11)21-10-7-17-19-21/h1-4,7,10,12H,5-6,8-9H2,(H3,16,18,23). The predicted molar refractivity (Wildman–Crippen MR) is 83.0 cm³/mol. The fourth-order valence-electron chi connectivity index (χ4n) is 2.71. The van der Waals surface area contributed by atoms with Crippen LogP contribution in [-0.2, 0) is 0 Å². The summed E-state index contributed by atoms with van der Waals surface area (Å²) in [5.41, 5.74) is 6.61. The van der Waals surface area contributed by atoms with Crippen LogP contribution in [0.1, 0.15) is 23.2 Å². The van der Waals surface area contributed by atoms with Crippen molar-refractivity contribution in [2.24, 2.45) is 5.73 Å². The fraction of sp³-hybridized carbons (Fsp3) is 0.333. The highest BCUT2D eigenvalue weighted by atomic mass is 16.2. The van der Waals surface area contributed by atoms with Gasteiger partial charge in [-0.1, -0.05) is 5.21 Å². The molecule has 1 aliphatic rings. The third kappa shape index (κ3) is 3.47. The fourth-order valence-corrected chi connectivity index (χ4v) is 2.71. The van der Waals surface area contributed by atoms with Gasteiger partial charge in [0.05, 0.1) is 18.1 Å². The van der Waals surface area contributed by atoms with Gasteiger partial charge in [-0.3, -0.25) is 4.79 Å². The topological polar surface area (TPSA) is 106 Å². The van der Waals surface area contributed by atoms with Crippen LogP contribution in [0.5, 0.6) is 0 Å². The minimum atomic E-state index is -0.515. The van der Waals surface area contributed by atoms with Crippen LogP contribution < -0.4 is 11.1 Å². The Morgan fingerprint density at radius 3 is 2.43 bits per heavy atom. The van der Waals surface area contributed by atoms with Crippen molar-refractivity contribution in [3.8, 4) is 5.69 Å². The SMILES string of the molecule is NC(=O)NC1CCN(C(=O)c2ccc(-n3ccnn3)cc2)CC1. The molecule has 0 unspecified atom stereocenters. The molecule has 3 N–H and O–H groups in total. The number of primary amides is 1. The van der Waals surface area contributed by atoms with Gasteiger partial charge >= 0.3 is 6.03 Å². The van der Waals surface area contributed by atoms with Crippen molar-refractivity contribution in [2.75, 3.05) is 13.1 Å². The number of aromatic nitrogens is 3. The summed E-state index contributed by atoms with van der Waals surface area (Å²) >= 11 is 0. The molecular formula is C15H18N6O2. The molecule has 0 atom stereocenters. The van der Waals surface area contributed by atoms with Crippen LogP contribution in [0.4, 0.5) is 4.79 Å². The van der Waals surface area contributed by atoms with Crippen LogP contribution >= 0.6 is 0 Å². The molecule has 1 aromatic carbocycles. The summed E-state index contributed by atoms with van der Waals surface area (Å²) in [5.74, 6) is -0.00679. The molecular weight excluding hydrogens is 296 g/mol. The molecule has 120 valence electrons. The van der Waals surface area contributed by atoms with E-state index in [2.05, 4.69) is 15.6 Å². The van der Waals surface area contributed by atoms with E-state index in [0.717, 1.165) is 5.69 Å². The minimum Gasteiger partial charge on any atom is -0.352 e. The number of benzene rings is 1. The summed E-state index contributed by atoms with van der Waals surface area (Å²) in [6.45, 7) is 1.21. The maximum atomic E-state index is 12.5. The zero-order chi connectivity index (χ0) is 16.2. The first-order chi connectivity index (χ1) is 11.1. The second-order valence-corrected chi connectivity index (χ2v) is 5.47. The minimum absolute atomic E-state index is 0.00679. The predicted octanol–water partition coefficient (Wildman–Crippen LogP) is 0.540. The normalized spacial score (nSPS) is 15.4. The van der Waals surface area contributed by atoms with Crippen LogP contribution in [0.15, 0.2) is 36.7 Å². The highest BCUT2D eigenvalue weighted by molar-refractivity contribution is 5.94. The van der Waals surface area contributed by atoms with Crippen molar-refractivity contribution in [3.05, 3.63) is 42.2 Å². The van der Waals surface area contributed by atoms with E-state index in [9.17, 15) is 9.59 Å². The third-order valence-electron chi connectivity index (χ3n) is 3.93. The molecule has 23 heavy (non-hydrogen) atoms. The van der Waals surface area contributed by atoms with Crippen molar-refractivity contribution in [3.63, 3.8) is 0 Å². The van der Waals surface area contributed by atoms with Crippen LogP contribution in [-0.4, -0.2) is 51.0 Å². The zero-order valence-electron chi connectivity index (χ0n) is 12.6. The molecule has 0 aliphatic carbocycles. The van der Waals surface area contributed by atoms with Gasteiger partial charge in [0.15, 0.2) is 0 Å². The quantitative estimate of drug-likeness (QED) is 0.862. The van der Waals surface area contributed by atoms with Gasteiger partial charge in [-0.2, -0.15) is 0 Å². The van der Waals surface area contributed by atoms with E-state index in [1.165, 1.54) is 0 Å². The summed E-state index contributed by atoms with van der Waals surface area (Å²) in [5, 5.41) is 10.4. The maximum absolute atomic E-state index is 12.5. The number of nitrogens with two attached hydrogens (primary N) is 1. The van der Waals surface area contributed by atoms with E-state index in [4.69, 9.17) is 5.73 Å². The summed E-state index contributed by atoms with van der Waals surface area (Å²) in [7, 11) is 0. The van der Waals surface area contributed by atoms with Gasteiger partial charge in [0.1, 0.15) is 0 Å². The number of carbonyl (C=O) groups excluding carboxylic acids is 2. The van der Waals surface area contributed by atoms with Gasteiger partial charge in [-0.15, -0.1) is 5.10 Å². The lowest BCUT2D eigenvalue weighted by atomic mass is 10.0. The summed E-state index contributed by atoms with van der Waals surface area (Å²) in [6.07, 6.45) is 4.77. The van der Waals surface area contributed by atoms with Gasteiger partial charge in [0.2, 0.25) is 0 Å². The van der Waals surface area contributed by atoms with Crippen molar-refractivity contribution in [1.29, 1.82) is 0 Å². The summed E-state index contributed by atoms with van der Waals surface area (Å²) in [4.78, 5) is 25.2. The van der Waals surface area contributed by atoms with Crippen molar-refractivity contribution < 1.29 is 9.59 Å². The highest BCUT2D eigenvalue weighted by Crippen LogP contribution is 2.15. The van der Waals surface area contributed by atoms with Crippen molar-refractivity contribution >= 4 is 11.9 Å². The molecule has 8 heteroatoms. The number of nitrogens with one attached hydrogen (secondary N) is 1. The van der Waals surface area contributed by atoms with Gasteiger partial charge < -0.3 is 16.0 Å². The molecule has 1 aliphatic heterocycles. The molecule has 0 saturated carbocycles. The molecule has 3 rings (SSSR count). The van der Waals surface area contributed by atoms with Crippen molar-refractivity contribution in [1.82, 2.24) is 25.2 Å². The van der Waals surface area contributed by atoms with E-state index in [-0.39, 0.29) is 11.9 Å². The maximum Gasteiger partial charge on any atom is 0.312 e. The number of urea groups is 1. The lowest BCUT2D eigenvalue weighted by Gasteiger charge is -2.32. The molecule has 2 heterocycles.